The lowest BCUT2D eigenvalue weighted by Gasteiger charge is -2.33. The fourth-order valence-corrected chi connectivity index (χ4v) is 3.83. The number of nitrogens with one attached hydrogen (secondary N) is 1. The lowest BCUT2D eigenvalue weighted by Crippen LogP contribution is -2.47. The molecule has 0 spiro atoms. The van der Waals surface area contributed by atoms with Crippen LogP contribution in [-0.4, -0.2) is 41.8 Å². The van der Waals surface area contributed by atoms with E-state index in [4.69, 9.17) is 4.74 Å². The van der Waals surface area contributed by atoms with Gasteiger partial charge in [-0.25, -0.2) is 4.79 Å². The molecule has 0 atom stereocenters. The van der Waals surface area contributed by atoms with Crippen LogP contribution in [0.4, 0.5) is 4.79 Å². The van der Waals surface area contributed by atoms with Crippen LogP contribution < -0.4 is 5.32 Å². The van der Waals surface area contributed by atoms with Crippen molar-refractivity contribution in [2.24, 2.45) is 0 Å². The lowest BCUT2D eigenvalue weighted by atomic mass is 10.1. The summed E-state index contributed by atoms with van der Waals surface area (Å²) in [6, 6.07) is 1.02. The Labute approximate surface area is 142 Å². The maximum absolute atomic E-state index is 12.7. The smallest absolute Gasteiger partial charge is 0.410 e. The van der Waals surface area contributed by atoms with Crippen molar-refractivity contribution in [1.82, 2.24) is 10.2 Å². The van der Waals surface area contributed by atoms with Gasteiger partial charge in [-0.05, 0) is 46.5 Å². The largest absolute Gasteiger partial charge is 0.444 e. The zero-order chi connectivity index (χ0) is 16.7. The van der Waals surface area contributed by atoms with E-state index in [2.05, 4.69) is 5.32 Å². The van der Waals surface area contributed by atoms with Crippen LogP contribution in [0.15, 0.2) is 0 Å². The van der Waals surface area contributed by atoms with Crippen molar-refractivity contribution < 1.29 is 9.53 Å². The first-order valence-electron chi connectivity index (χ1n) is 9.69. The van der Waals surface area contributed by atoms with Gasteiger partial charge in [0.15, 0.2) is 0 Å². The van der Waals surface area contributed by atoms with E-state index in [0.717, 1.165) is 25.9 Å². The van der Waals surface area contributed by atoms with Crippen molar-refractivity contribution in [2.45, 2.75) is 103 Å². The highest BCUT2D eigenvalue weighted by atomic mass is 16.6. The van der Waals surface area contributed by atoms with Gasteiger partial charge in [-0.1, -0.05) is 38.5 Å². The molecule has 0 radical (unpaired) electrons. The Morgan fingerprint density at radius 3 is 2.13 bits per heavy atom. The van der Waals surface area contributed by atoms with Gasteiger partial charge in [0, 0.05) is 25.2 Å². The highest BCUT2D eigenvalue weighted by Crippen LogP contribution is 2.24. The summed E-state index contributed by atoms with van der Waals surface area (Å²) in [5, 5.41) is 3.64. The summed E-state index contributed by atoms with van der Waals surface area (Å²) in [5.74, 6) is 0. The molecule has 4 nitrogen and oxygen atoms in total. The molecule has 1 N–H and O–H groups in total. The summed E-state index contributed by atoms with van der Waals surface area (Å²) in [6.45, 7) is 7.52. The first-order chi connectivity index (χ1) is 11.0. The second-order valence-corrected chi connectivity index (χ2v) is 8.25. The third-order valence-corrected chi connectivity index (χ3v) is 5.03. The molecule has 2 rings (SSSR count). The minimum Gasteiger partial charge on any atom is -0.444 e. The average molecular weight is 325 g/mol. The van der Waals surface area contributed by atoms with E-state index in [1.54, 1.807) is 0 Å². The van der Waals surface area contributed by atoms with Crippen LogP contribution in [0, 0.1) is 0 Å². The van der Waals surface area contributed by atoms with E-state index in [9.17, 15) is 4.79 Å². The zero-order valence-electron chi connectivity index (χ0n) is 15.4. The third-order valence-electron chi connectivity index (χ3n) is 5.03. The van der Waals surface area contributed by atoms with Gasteiger partial charge in [0.05, 0.1) is 0 Å². The molecule has 2 aliphatic rings. The lowest BCUT2D eigenvalue weighted by molar-refractivity contribution is 0.0146. The highest BCUT2D eigenvalue weighted by Gasteiger charge is 2.28. The van der Waals surface area contributed by atoms with Gasteiger partial charge in [0.2, 0.25) is 0 Å². The van der Waals surface area contributed by atoms with Crippen molar-refractivity contribution in [1.29, 1.82) is 0 Å². The fraction of sp³-hybridized carbons (Fsp3) is 0.947. The molecule has 0 aromatic rings. The number of rotatable bonds is 5. The normalized spacial score (nSPS) is 21.2. The monoisotopic (exact) mass is 324 g/mol. The molecule has 0 unspecified atom stereocenters. The fourth-order valence-electron chi connectivity index (χ4n) is 3.83. The molecule has 4 heteroatoms. The Balaban J connectivity index is 1.90. The molecular formula is C19H36N2O2. The van der Waals surface area contributed by atoms with Gasteiger partial charge in [-0.2, -0.15) is 0 Å². The van der Waals surface area contributed by atoms with Crippen molar-refractivity contribution in [3.63, 3.8) is 0 Å². The predicted octanol–water partition coefficient (Wildman–Crippen LogP) is 4.48. The quantitative estimate of drug-likeness (QED) is 0.758. The number of hydrogen-bond acceptors (Lipinski definition) is 3. The van der Waals surface area contributed by atoms with Gasteiger partial charge in [-0.3, -0.25) is 0 Å². The summed E-state index contributed by atoms with van der Waals surface area (Å²) in [6.07, 6.45) is 12.5. The Hall–Kier alpha value is -0.770. The molecule has 2 fully saturated rings. The van der Waals surface area contributed by atoms with Gasteiger partial charge in [-0.15, -0.1) is 0 Å². The zero-order valence-corrected chi connectivity index (χ0v) is 15.4. The molecule has 0 saturated heterocycles. The first-order valence-corrected chi connectivity index (χ1v) is 9.69. The van der Waals surface area contributed by atoms with Crippen LogP contribution >= 0.6 is 0 Å². The summed E-state index contributed by atoms with van der Waals surface area (Å²) in [4.78, 5) is 14.7. The second-order valence-electron chi connectivity index (χ2n) is 8.25. The van der Waals surface area contributed by atoms with E-state index >= 15 is 0 Å². The van der Waals surface area contributed by atoms with Crippen LogP contribution in [0.2, 0.25) is 0 Å². The maximum atomic E-state index is 12.7. The summed E-state index contributed by atoms with van der Waals surface area (Å²) >= 11 is 0. The van der Waals surface area contributed by atoms with E-state index in [-0.39, 0.29) is 6.09 Å². The van der Waals surface area contributed by atoms with E-state index in [0.29, 0.717) is 12.1 Å². The van der Waals surface area contributed by atoms with E-state index in [1.807, 2.05) is 25.7 Å². The molecule has 0 aliphatic heterocycles. The van der Waals surface area contributed by atoms with Crippen LogP contribution in [0.25, 0.3) is 0 Å². The molecule has 2 aliphatic carbocycles. The molecular weight excluding hydrogens is 288 g/mol. The molecule has 0 bridgehead atoms. The summed E-state index contributed by atoms with van der Waals surface area (Å²) in [7, 11) is 0. The van der Waals surface area contributed by atoms with Crippen LogP contribution in [-0.2, 0) is 4.74 Å². The van der Waals surface area contributed by atoms with Gasteiger partial charge in [0.25, 0.3) is 0 Å². The highest BCUT2D eigenvalue weighted by molar-refractivity contribution is 5.68. The SMILES string of the molecule is CC(C)(C)OC(=O)N(CCNC1CCCC1)C1CCCCCC1. The van der Waals surface area contributed by atoms with Crippen molar-refractivity contribution in [3.8, 4) is 0 Å². The van der Waals surface area contributed by atoms with Crippen LogP contribution in [0.1, 0.15) is 85.0 Å². The molecule has 23 heavy (non-hydrogen) atoms. The standard InChI is InChI=1S/C19H36N2O2/c1-19(2,3)23-18(22)21(17-12-6-4-5-7-13-17)15-14-20-16-10-8-9-11-16/h16-17,20H,4-15H2,1-3H3. The predicted molar refractivity (Wildman–Crippen MR) is 94.7 cm³/mol. The van der Waals surface area contributed by atoms with Gasteiger partial charge < -0.3 is 15.0 Å². The number of amides is 1. The van der Waals surface area contributed by atoms with E-state index < -0.39 is 5.60 Å². The summed E-state index contributed by atoms with van der Waals surface area (Å²) in [5.41, 5.74) is -0.418. The van der Waals surface area contributed by atoms with Crippen LogP contribution in [0.3, 0.4) is 0 Å². The minimum atomic E-state index is -0.418. The van der Waals surface area contributed by atoms with Gasteiger partial charge >= 0.3 is 6.09 Å². The number of nitrogens with zero attached hydrogens (tertiary/aromatic N) is 1. The Morgan fingerprint density at radius 2 is 1.57 bits per heavy atom. The number of carbonyl (C=O) groups excluding carboxylic acids is 1. The Bertz CT molecular complexity index is 351. The maximum Gasteiger partial charge on any atom is 0.410 e. The second kappa shape index (κ2) is 8.91. The Kier molecular flexibility index (Phi) is 7.19. The topological polar surface area (TPSA) is 41.6 Å². The average Bonchev–Trinajstić information content (AvgIpc) is 2.83. The van der Waals surface area contributed by atoms with E-state index in [1.165, 1.54) is 51.4 Å². The third kappa shape index (κ3) is 6.70. The number of hydrogen-bond donors (Lipinski definition) is 1. The molecule has 1 amide bonds. The Morgan fingerprint density at radius 1 is 1.00 bits per heavy atom. The molecule has 0 heterocycles. The molecule has 2 saturated carbocycles. The van der Waals surface area contributed by atoms with Crippen molar-refractivity contribution in [3.05, 3.63) is 0 Å². The minimum absolute atomic E-state index is 0.127. The summed E-state index contributed by atoms with van der Waals surface area (Å²) < 4.78 is 5.68. The van der Waals surface area contributed by atoms with Crippen molar-refractivity contribution >= 4 is 6.09 Å². The molecule has 0 aromatic heterocycles. The number of ether oxygens (including phenoxy) is 1. The van der Waals surface area contributed by atoms with Gasteiger partial charge in [0.1, 0.15) is 5.60 Å². The molecule has 0 aromatic carbocycles. The first kappa shape index (κ1) is 18.6. The molecule has 134 valence electrons. The van der Waals surface area contributed by atoms with Crippen LogP contribution in [0.5, 0.6) is 0 Å². The van der Waals surface area contributed by atoms with Crippen molar-refractivity contribution in [2.75, 3.05) is 13.1 Å². The number of carbonyl (C=O) groups is 1.